The van der Waals surface area contributed by atoms with Gasteiger partial charge in [-0.05, 0) is 36.8 Å². The van der Waals surface area contributed by atoms with E-state index in [1.807, 2.05) is 12.1 Å². The molecule has 20 heavy (non-hydrogen) atoms. The monoisotopic (exact) mass is 310 g/mol. The molecule has 1 heterocycles. The second-order valence-corrected chi connectivity index (χ2v) is 5.23. The van der Waals surface area contributed by atoms with Gasteiger partial charge in [0.1, 0.15) is 5.92 Å². The Labute approximate surface area is 128 Å². The van der Waals surface area contributed by atoms with E-state index in [0.717, 1.165) is 5.56 Å². The Morgan fingerprint density at radius 1 is 1.45 bits per heavy atom. The molecular weight excluding hydrogens is 296 g/mol. The van der Waals surface area contributed by atoms with Gasteiger partial charge in [0, 0.05) is 10.7 Å². The zero-order chi connectivity index (χ0) is 14.7. The van der Waals surface area contributed by atoms with Crippen LogP contribution >= 0.6 is 23.8 Å². The van der Waals surface area contributed by atoms with Gasteiger partial charge < -0.3 is 15.4 Å². The molecule has 0 spiro atoms. The van der Waals surface area contributed by atoms with E-state index in [4.69, 9.17) is 28.6 Å². The van der Waals surface area contributed by atoms with Crippen molar-refractivity contribution in [3.8, 4) is 0 Å². The van der Waals surface area contributed by atoms with Crippen molar-refractivity contribution >= 4 is 34.9 Å². The van der Waals surface area contributed by atoms with Gasteiger partial charge >= 0.3 is 5.97 Å². The summed E-state index contributed by atoms with van der Waals surface area (Å²) in [6.07, 6.45) is 0. The standard InChI is InChI=1S/C14H15ClN2O2S/c1-3-19-13(18)11-8(2)16-14(20)17-12(11)9-4-6-10(15)7-5-9/h4-7,11-12H,2-3H2,1H3,(H2,16,17,20). The normalized spacial score (nSPS) is 21.9. The highest BCUT2D eigenvalue weighted by Crippen LogP contribution is 2.30. The zero-order valence-corrected chi connectivity index (χ0v) is 12.6. The third-order valence-electron chi connectivity index (χ3n) is 3.04. The molecule has 6 heteroatoms. The minimum atomic E-state index is -0.539. The summed E-state index contributed by atoms with van der Waals surface area (Å²) in [6, 6.07) is 6.94. The average Bonchev–Trinajstić information content (AvgIpc) is 2.38. The van der Waals surface area contributed by atoms with E-state index in [0.29, 0.717) is 22.4 Å². The van der Waals surface area contributed by atoms with E-state index in [1.54, 1.807) is 19.1 Å². The maximum Gasteiger partial charge on any atom is 0.317 e. The molecule has 1 aromatic rings. The van der Waals surface area contributed by atoms with E-state index in [2.05, 4.69) is 17.2 Å². The van der Waals surface area contributed by atoms with Gasteiger partial charge in [0.25, 0.3) is 0 Å². The first-order chi connectivity index (χ1) is 9.52. The number of benzene rings is 1. The first-order valence-corrected chi connectivity index (χ1v) is 7.00. The Morgan fingerprint density at radius 2 is 2.10 bits per heavy atom. The highest BCUT2D eigenvalue weighted by molar-refractivity contribution is 7.80. The van der Waals surface area contributed by atoms with Crippen LogP contribution in [0.2, 0.25) is 5.02 Å². The Bertz CT molecular complexity index is 545. The first-order valence-electron chi connectivity index (χ1n) is 6.21. The molecule has 4 nitrogen and oxygen atoms in total. The quantitative estimate of drug-likeness (QED) is 0.664. The third-order valence-corrected chi connectivity index (χ3v) is 3.51. The smallest absolute Gasteiger partial charge is 0.317 e. The van der Waals surface area contributed by atoms with Gasteiger partial charge in [0.2, 0.25) is 0 Å². The molecule has 2 N–H and O–H groups in total. The molecule has 106 valence electrons. The third kappa shape index (κ3) is 3.11. The lowest BCUT2D eigenvalue weighted by Gasteiger charge is -2.34. The summed E-state index contributed by atoms with van der Waals surface area (Å²) in [4.78, 5) is 12.1. The number of thiocarbonyl (C=S) groups is 1. The molecule has 1 aliphatic rings. The second-order valence-electron chi connectivity index (χ2n) is 4.38. The van der Waals surface area contributed by atoms with E-state index in [-0.39, 0.29) is 12.0 Å². The van der Waals surface area contributed by atoms with Crippen molar-refractivity contribution in [2.75, 3.05) is 6.61 Å². The van der Waals surface area contributed by atoms with Gasteiger partial charge in [0.05, 0.1) is 12.6 Å². The number of rotatable bonds is 3. The fourth-order valence-corrected chi connectivity index (χ4v) is 2.53. The fraction of sp³-hybridized carbons (Fsp3) is 0.286. The van der Waals surface area contributed by atoms with Gasteiger partial charge in [-0.15, -0.1) is 0 Å². The van der Waals surface area contributed by atoms with Crippen molar-refractivity contribution in [3.05, 3.63) is 47.1 Å². The highest BCUT2D eigenvalue weighted by atomic mass is 35.5. The van der Waals surface area contributed by atoms with Gasteiger partial charge in [0.15, 0.2) is 5.11 Å². The summed E-state index contributed by atoms with van der Waals surface area (Å²) in [5.74, 6) is -0.872. The Hall–Kier alpha value is -1.59. The molecule has 1 aliphatic heterocycles. The van der Waals surface area contributed by atoms with E-state index in [9.17, 15) is 4.79 Å². The van der Waals surface area contributed by atoms with Crippen LogP contribution in [-0.4, -0.2) is 17.7 Å². The molecular formula is C14H15ClN2O2S. The summed E-state index contributed by atoms with van der Waals surface area (Å²) in [5.41, 5.74) is 1.43. The first kappa shape index (κ1) is 14.8. The number of hydrogen-bond donors (Lipinski definition) is 2. The Morgan fingerprint density at radius 3 is 2.70 bits per heavy atom. The maximum atomic E-state index is 12.1. The van der Waals surface area contributed by atoms with Crippen molar-refractivity contribution in [1.29, 1.82) is 0 Å². The molecule has 0 saturated carbocycles. The van der Waals surface area contributed by atoms with Gasteiger partial charge in [-0.25, -0.2) is 0 Å². The summed E-state index contributed by atoms with van der Waals surface area (Å²) in [7, 11) is 0. The second kappa shape index (κ2) is 6.24. The van der Waals surface area contributed by atoms with Crippen LogP contribution < -0.4 is 10.6 Å². The molecule has 0 amide bonds. The fourth-order valence-electron chi connectivity index (χ4n) is 2.14. The molecule has 0 radical (unpaired) electrons. The van der Waals surface area contributed by atoms with E-state index < -0.39 is 5.92 Å². The minimum Gasteiger partial charge on any atom is -0.465 e. The van der Waals surface area contributed by atoms with Crippen LogP contribution in [-0.2, 0) is 9.53 Å². The maximum absolute atomic E-state index is 12.1. The molecule has 2 rings (SSSR count). The Kier molecular flexibility index (Phi) is 4.62. The largest absolute Gasteiger partial charge is 0.465 e. The number of halogens is 1. The molecule has 1 fully saturated rings. The topological polar surface area (TPSA) is 50.4 Å². The van der Waals surface area contributed by atoms with Crippen LogP contribution in [0.4, 0.5) is 0 Å². The predicted octanol–water partition coefficient (Wildman–Crippen LogP) is 2.55. The molecule has 2 unspecified atom stereocenters. The lowest BCUT2D eigenvalue weighted by atomic mass is 9.89. The van der Waals surface area contributed by atoms with Crippen LogP contribution in [0.3, 0.4) is 0 Å². The van der Waals surface area contributed by atoms with Crippen molar-refractivity contribution in [1.82, 2.24) is 10.6 Å². The summed E-state index contributed by atoms with van der Waals surface area (Å²) >= 11 is 11.0. The van der Waals surface area contributed by atoms with E-state index in [1.165, 1.54) is 0 Å². The average molecular weight is 311 g/mol. The van der Waals surface area contributed by atoms with Crippen LogP contribution in [0.5, 0.6) is 0 Å². The van der Waals surface area contributed by atoms with Crippen LogP contribution in [0.1, 0.15) is 18.5 Å². The molecule has 1 saturated heterocycles. The lowest BCUT2D eigenvalue weighted by molar-refractivity contribution is -0.147. The number of nitrogens with one attached hydrogen (secondary N) is 2. The van der Waals surface area contributed by atoms with Crippen LogP contribution in [0, 0.1) is 5.92 Å². The minimum absolute atomic E-state index is 0.312. The van der Waals surface area contributed by atoms with Crippen LogP contribution in [0.25, 0.3) is 0 Å². The molecule has 2 atom stereocenters. The molecule has 1 aromatic carbocycles. The lowest BCUT2D eigenvalue weighted by Crippen LogP contribution is -2.50. The predicted molar refractivity (Wildman–Crippen MR) is 82.3 cm³/mol. The van der Waals surface area contributed by atoms with Crippen molar-refractivity contribution in [2.45, 2.75) is 13.0 Å². The van der Waals surface area contributed by atoms with Gasteiger partial charge in [-0.2, -0.15) is 0 Å². The van der Waals surface area contributed by atoms with Crippen molar-refractivity contribution < 1.29 is 9.53 Å². The summed E-state index contributed by atoms with van der Waals surface area (Å²) in [6.45, 7) is 5.97. The summed E-state index contributed by atoms with van der Waals surface area (Å²) in [5, 5.41) is 7.04. The molecule has 0 aliphatic carbocycles. The van der Waals surface area contributed by atoms with Crippen molar-refractivity contribution in [3.63, 3.8) is 0 Å². The number of ether oxygens (including phenoxy) is 1. The SMILES string of the molecule is C=C1NC(=S)NC(c2ccc(Cl)cc2)C1C(=O)OCC. The molecule has 0 aromatic heterocycles. The number of hydrogen-bond acceptors (Lipinski definition) is 3. The Balaban J connectivity index is 2.33. The molecule has 0 bridgehead atoms. The van der Waals surface area contributed by atoms with Gasteiger partial charge in [-0.1, -0.05) is 30.3 Å². The van der Waals surface area contributed by atoms with Crippen LogP contribution in [0.15, 0.2) is 36.5 Å². The van der Waals surface area contributed by atoms with Gasteiger partial charge in [-0.3, -0.25) is 4.79 Å². The summed E-state index contributed by atoms with van der Waals surface area (Å²) < 4.78 is 5.11. The van der Waals surface area contributed by atoms with E-state index >= 15 is 0 Å². The number of carbonyl (C=O) groups is 1. The van der Waals surface area contributed by atoms with Crippen molar-refractivity contribution in [2.24, 2.45) is 5.92 Å². The highest BCUT2D eigenvalue weighted by Gasteiger charge is 2.37. The number of carbonyl (C=O) groups excluding carboxylic acids is 1. The number of esters is 1. The zero-order valence-electron chi connectivity index (χ0n) is 11.0.